The number of carbonyl (C=O) groups is 3. The molecule has 2 rings (SSSR count). The van der Waals surface area contributed by atoms with E-state index in [4.69, 9.17) is 9.47 Å². The lowest BCUT2D eigenvalue weighted by Crippen LogP contribution is -2.55. The van der Waals surface area contributed by atoms with Crippen molar-refractivity contribution in [3.63, 3.8) is 0 Å². The van der Waals surface area contributed by atoms with Crippen LogP contribution < -0.4 is 0 Å². The molecule has 2 aliphatic carbocycles. The van der Waals surface area contributed by atoms with Gasteiger partial charge in [0.1, 0.15) is 0 Å². The lowest BCUT2D eigenvalue weighted by molar-refractivity contribution is -0.182. The van der Waals surface area contributed by atoms with Gasteiger partial charge < -0.3 is 14.6 Å². The number of ether oxygens (including phenoxy) is 2. The van der Waals surface area contributed by atoms with Crippen LogP contribution in [0.3, 0.4) is 0 Å². The van der Waals surface area contributed by atoms with E-state index in [2.05, 4.69) is 27.7 Å². The van der Waals surface area contributed by atoms with Crippen molar-refractivity contribution in [2.45, 2.75) is 85.5 Å². The summed E-state index contributed by atoms with van der Waals surface area (Å²) in [6.45, 7) is 9.14. The molecular formula is C23H38O6. The Morgan fingerprint density at radius 2 is 1.52 bits per heavy atom. The number of hydrogen-bond acceptors (Lipinski definition) is 5. The number of esters is 2. The van der Waals surface area contributed by atoms with Crippen LogP contribution >= 0.6 is 0 Å². The minimum Gasteiger partial charge on any atom is -0.481 e. The molecule has 29 heavy (non-hydrogen) atoms. The number of aliphatic carboxylic acids is 1. The highest BCUT2D eigenvalue weighted by Crippen LogP contribution is 2.58. The van der Waals surface area contributed by atoms with Crippen LogP contribution in [0.25, 0.3) is 0 Å². The van der Waals surface area contributed by atoms with Crippen LogP contribution in [0.5, 0.6) is 0 Å². The fraction of sp³-hybridized carbons (Fsp3) is 0.870. The minimum absolute atomic E-state index is 0.0767. The Labute approximate surface area is 174 Å². The van der Waals surface area contributed by atoms with E-state index in [9.17, 15) is 19.5 Å². The summed E-state index contributed by atoms with van der Waals surface area (Å²) < 4.78 is 10.9. The van der Waals surface area contributed by atoms with Crippen LogP contribution in [0.4, 0.5) is 0 Å². The van der Waals surface area contributed by atoms with Crippen LogP contribution in [0, 0.1) is 28.6 Å². The molecule has 2 fully saturated rings. The van der Waals surface area contributed by atoms with Gasteiger partial charge in [-0.05, 0) is 56.3 Å². The van der Waals surface area contributed by atoms with Gasteiger partial charge >= 0.3 is 17.9 Å². The predicted octanol–water partition coefficient (Wildman–Crippen LogP) is 4.60. The first-order valence-electron chi connectivity index (χ1n) is 11.2. The maximum absolute atomic E-state index is 12.7. The lowest BCUT2D eigenvalue weighted by Gasteiger charge is -2.54. The van der Waals surface area contributed by atoms with Gasteiger partial charge in [-0.2, -0.15) is 0 Å². The van der Waals surface area contributed by atoms with Crippen LogP contribution in [-0.2, 0) is 23.9 Å². The molecule has 0 bridgehead atoms. The van der Waals surface area contributed by atoms with E-state index in [0.29, 0.717) is 38.4 Å². The lowest BCUT2D eigenvalue weighted by atomic mass is 9.49. The van der Waals surface area contributed by atoms with Crippen molar-refractivity contribution >= 4 is 17.9 Å². The number of rotatable bonds is 9. The topological polar surface area (TPSA) is 89.9 Å². The molecule has 0 aliphatic heterocycles. The third-order valence-electron chi connectivity index (χ3n) is 7.17. The summed E-state index contributed by atoms with van der Waals surface area (Å²) in [7, 11) is 0. The number of carbonyl (C=O) groups excluding carboxylic acids is 2. The van der Waals surface area contributed by atoms with Gasteiger partial charge in [0.2, 0.25) is 0 Å². The van der Waals surface area contributed by atoms with E-state index in [1.54, 1.807) is 0 Å². The van der Waals surface area contributed by atoms with Crippen LogP contribution in [0.1, 0.15) is 85.5 Å². The molecule has 0 amide bonds. The second-order valence-electron chi connectivity index (χ2n) is 9.86. The van der Waals surface area contributed by atoms with E-state index >= 15 is 0 Å². The van der Waals surface area contributed by atoms with Gasteiger partial charge in [0, 0.05) is 0 Å². The van der Waals surface area contributed by atoms with E-state index in [0.717, 1.165) is 38.5 Å². The third kappa shape index (κ3) is 5.32. The molecule has 6 heteroatoms. The SMILES string of the molecule is CC1CCC1(C(=O)OCCCCCOC(=O)C1CCCCC1C(=O)O)C(C)(C)C. The summed E-state index contributed by atoms with van der Waals surface area (Å²) in [5.74, 6) is -2.13. The first-order chi connectivity index (χ1) is 13.6. The van der Waals surface area contributed by atoms with Gasteiger partial charge in [0.15, 0.2) is 0 Å². The molecule has 0 aromatic rings. The maximum atomic E-state index is 12.7. The Morgan fingerprint density at radius 1 is 0.931 bits per heavy atom. The van der Waals surface area contributed by atoms with Crippen molar-refractivity contribution in [1.29, 1.82) is 0 Å². The molecule has 2 saturated carbocycles. The van der Waals surface area contributed by atoms with Gasteiger partial charge in [0.05, 0.1) is 30.5 Å². The highest BCUT2D eigenvalue weighted by molar-refractivity contribution is 5.81. The van der Waals surface area contributed by atoms with Crippen molar-refractivity contribution in [1.82, 2.24) is 0 Å². The zero-order chi connectivity index (χ0) is 21.7. The van der Waals surface area contributed by atoms with Crippen LogP contribution in [-0.4, -0.2) is 36.2 Å². The normalized spacial score (nSPS) is 29.6. The highest BCUT2D eigenvalue weighted by Gasteiger charge is 2.58. The highest BCUT2D eigenvalue weighted by atomic mass is 16.5. The van der Waals surface area contributed by atoms with E-state index in [-0.39, 0.29) is 22.8 Å². The van der Waals surface area contributed by atoms with Crippen LogP contribution in [0.15, 0.2) is 0 Å². The first-order valence-corrected chi connectivity index (χ1v) is 11.2. The zero-order valence-electron chi connectivity index (χ0n) is 18.5. The Kier molecular flexibility index (Phi) is 8.12. The predicted molar refractivity (Wildman–Crippen MR) is 109 cm³/mol. The standard InChI is InChI=1S/C23H38O6/c1-16-12-13-23(16,22(2,3)4)21(27)29-15-9-5-8-14-28-20(26)18-11-7-6-10-17(18)19(24)25/h16-18H,5-15H2,1-4H3,(H,24,25). The van der Waals surface area contributed by atoms with Gasteiger partial charge in [-0.3, -0.25) is 14.4 Å². The van der Waals surface area contributed by atoms with Gasteiger partial charge in [0.25, 0.3) is 0 Å². The summed E-state index contributed by atoms with van der Waals surface area (Å²) in [6, 6.07) is 0. The second kappa shape index (κ2) is 9.94. The zero-order valence-corrected chi connectivity index (χ0v) is 18.5. The van der Waals surface area contributed by atoms with E-state index in [1.165, 1.54) is 0 Å². The van der Waals surface area contributed by atoms with Crippen LogP contribution in [0.2, 0.25) is 0 Å². The quantitative estimate of drug-likeness (QED) is 0.441. The fourth-order valence-corrected chi connectivity index (χ4v) is 5.11. The van der Waals surface area contributed by atoms with Crippen molar-refractivity contribution in [3.05, 3.63) is 0 Å². The molecule has 0 saturated heterocycles. The molecule has 1 N–H and O–H groups in total. The average molecular weight is 411 g/mol. The minimum atomic E-state index is -0.901. The van der Waals surface area contributed by atoms with Crippen molar-refractivity contribution in [2.75, 3.05) is 13.2 Å². The van der Waals surface area contributed by atoms with Crippen molar-refractivity contribution < 1.29 is 29.0 Å². The average Bonchev–Trinajstić information content (AvgIpc) is 2.64. The van der Waals surface area contributed by atoms with Gasteiger partial charge in [-0.1, -0.05) is 40.5 Å². The number of hydrogen-bond donors (Lipinski definition) is 1. The fourth-order valence-electron chi connectivity index (χ4n) is 5.11. The number of carboxylic acids is 1. The smallest absolute Gasteiger partial charge is 0.312 e. The summed E-state index contributed by atoms with van der Waals surface area (Å²) in [5, 5.41) is 9.27. The monoisotopic (exact) mass is 410 g/mol. The molecule has 4 unspecified atom stereocenters. The summed E-state index contributed by atoms with van der Waals surface area (Å²) in [5.41, 5.74) is -0.480. The molecule has 166 valence electrons. The number of unbranched alkanes of at least 4 members (excludes halogenated alkanes) is 2. The molecule has 4 atom stereocenters. The van der Waals surface area contributed by atoms with Gasteiger partial charge in [-0.25, -0.2) is 0 Å². The van der Waals surface area contributed by atoms with Crippen molar-refractivity contribution in [3.8, 4) is 0 Å². The first kappa shape index (κ1) is 23.7. The molecule has 0 aromatic heterocycles. The summed E-state index contributed by atoms with van der Waals surface area (Å²) in [4.78, 5) is 36.2. The molecule has 0 spiro atoms. The van der Waals surface area contributed by atoms with Crippen molar-refractivity contribution in [2.24, 2.45) is 28.6 Å². The molecule has 6 nitrogen and oxygen atoms in total. The Hall–Kier alpha value is -1.59. The maximum Gasteiger partial charge on any atom is 0.312 e. The molecule has 0 aromatic carbocycles. The van der Waals surface area contributed by atoms with E-state index in [1.807, 2.05) is 0 Å². The van der Waals surface area contributed by atoms with Gasteiger partial charge in [-0.15, -0.1) is 0 Å². The number of carboxylic acid groups (broad SMARTS) is 1. The second-order valence-corrected chi connectivity index (χ2v) is 9.86. The third-order valence-corrected chi connectivity index (χ3v) is 7.17. The Morgan fingerprint density at radius 3 is 2.00 bits per heavy atom. The largest absolute Gasteiger partial charge is 0.481 e. The molecule has 0 radical (unpaired) electrons. The molecule has 0 heterocycles. The Bertz CT molecular complexity index is 593. The summed E-state index contributed by atoms with van der Waals surface area (Å²) in [6.07, 6.45) is 7.07. The Balaban J connectivity index is 1.63. The molecular weight excluding hydrogens is 372 g/mol. The molecule has 2 aliphatic rings. The summed E-state index contributed by atoms with van der Waals surface area (Å²) >= 11 is 0. The van der Waals surface area contributed by atoms with E-state index < -0.39 is 17.8 Å².